The maximum atomic E-state index is 12.7. The van der Waals surface area contributed by atoms with Crippen molar-refractivity contribution in [3.05, 3.63) is 71.1 Å². The lowest BCUT2D eigenvalue weighted by atomic mass is 10.1. The van der Waals surface area contributed by atoms with Gasteiger partial charge in [-0.05, 0) is 68.4 Å². The molecule has 0 bridgehead atoms. The first-order valence-electron chi connectivity index (χ1n) is 8.59. The zero-order valence-corrected chi connectivity index (χ0v) is 16.4. The minimum atomic E-state index is -0.481. The molecule has 138 valence electrons. The third-order valence-corrected chi connectivity index (χ3v) is 4.85. The van der Waals surface area contributed by atoms with Crippen molar-refractivity contribution < 1.29 is 9.59 Å². The Bertz CT molecular complexity index is 1000. The standard InChI is InChI=1S/C21H21N3O2S/c1-5-9-23-20(26)18(19(25)22-21(23)27)12-16-11-14(3)24(15(16)4)17-8-6-7-13(2)10-17/h5-8,10-12H,1,9H2,2-4H3,(H,22,25,27)/b18-12+. The molecule has 1 fully saturated rings. The van der Waals surface area contributed by atoms with Crippen molar-refractivity contribution in [1.29, 1.82) is 0 Å². The number of aryl methyl sites for hydroxylation is 2. The number of hydrogen-bond donors (Lipinski definition) is 1. The smallest absolute Gasteiger partial charge is 0.265 e. The van der Waals surface area contributed by atoms with E-state index in [2.05, 4.69) is 22.5 Å². The quantitative estimate of drug-likeness (QED) is 0.384. The van der Waals surface area contributed by atoms with E-state index in [1.165, 1.54) is 4.90 Å². The first-order chi connectivity index (χ1) is 12.8. The fraction of sp³-hybridized carbons (Fsp3) is 0.190. The van der Waals surface area contributed by atoms with Gasteiger partial charge in [-0.15, -0.1) is 6.58 Å². The van der Waals surface area contributed by atoms with Gasteiger partial charge in [0.15, 0.2) is 5.11 Å². The van der Waals surface area contributed by atoms with Crippen molar-refractivity contribution in [3.63, 3.8) is 0 Å². The number of aromatic nitrogens is 1. The summed E-state index contributed by atoms with van der Waals surface area (Å²) in [5.41, 5.74) is 5.06. The van der Waals surface area contributed by atoms with E-state index in [0.29, 0.717) is 0 Å². The predicted molar refractivity (Wildman–Crippen MR) is 111 cm³/mol. The van der Waals surface area contributed by atoms with Gasteiger partial charge in [0.05, 0.1) is 0 Å². The van der Waals surface area contributed by atoms with Crippen molar-refractivity contribution >= 4 is 35.2 Å². The molecule has 6 heteroatoms. The first-order valence-corrected chi connectivity index (χ1v) is 9.00. The molecule has 0 saturated carbocycles. The van der Waals surface area contributed by atoms with Crippen LogP contribution in [0.15, 0.2) is 48.6 Å². The van der Waals surface area contributed by atoms with E-state index in [9.17, 15) is 9.59 Å². The van der Waals surface area contributed by atoms with Crippen LogP contribution in [0.4, 0.5) is 0 Å². The van der Waals surface area contributed by atoms with Crippen LogP contribution < -0.4 is 5.32 Å². The number of carbonyl (C=O) groups excluding carboxylic acids is 2. The summed E-state index contributed by atoms with van der Waals surface area (Å²) in [5, 5.41) is 2.67. The lowest BCUT2D eigenvalue weighted by Gasteiger charge is -2.27. The largest absolute Gasteiger partial charge is 0.318 e. The number of hydrogen-bond acceptors (Lipinski definition) is 3. The maximum Gasteiger partial charge on any atom is 0.265 e. The summed E-state index contributed by atoms with van der Waals surface area (Å²) < 4.78 is 2.11. The Kier molecular flexibility index (Phi) is 5.10. The normalized spacial score (nSPS) is 16.0. The molecule has 0 spiro atoms. The molecule has 1 N–H and O–H groups in total. The third kappa shape index (κ3) is 3.48. The summed E-state index contributed by atoms with van der Waals surface area (Å²) in [7, 11) is 0. The van der Waals surface area contributed by atoms with Gasteiger partial charge in [0.2, 0.25) is 0 Å². The minimum Gasteiger partial charge on any atom is -0.318 e. The summed E-state index contributed by atoms with van der Waals surface area (Å²) in [4.78, 5) is 26.4. The van der Waals surface area contributed by atoms with Crippen LogP contribution >= 0.6 is 12.2 Å². The first kappa shape index (κ1) is 18.8. The molecule has 1 aromatic carbocycles. The molecule has 0 atom stereocenters. The van der Waals surface area contributed by atoms with Crippen molar-refractivity contribution in [3.8, 4) is 5.69 Å². The zero-order valence-electron chi connectivity index (χ0n) is 15.6. The van der Waals surface area contributed by atoms with E-state index < -0.39 is 11.8 Å². The molecule has 1 saturated heterocycles. The highest BCUT2D eigenvalue weighted by molar-refractivity contribution is 7.80. The van der Waals surface area contributed by atoms with Gasteiger partial charge in [0.25, 0.3) is 11.8 Å². The molecule has 0 unspecified atom stereocenters. The molecule has 0 aliphatic carbocycles. The molecule has 5 nitrogen and oxygen atoms in total. The van der Waals surface area contributed by atoms with E-state index in [1.54, 1.807) is 12.2 Å². The minimum absolute atomic E-state index is 0.0648. The van der Waals surface area contributed by atoms with E-state index >= 15 is 0 Å². The zero-order chi connectivity index (χ0) is 19.7. The fourth-order valence-electron chi connectivity index (χ4n) is 3.24. The lowest BCUT2D eigenvalue weighted by molar-refractivity contribution is -0.128. The molecule has 2 aromatic rings. The molecular formula is C21H21N3O2S. The van der Waals surface area contributed by atoms with Crippen molar-refractivity contribution in [2.24, 2.45) is 0 Å². The van der Waals surface area contributed by atoms with Crippen molar-refractivity contribution in [2.75, 3.05) is 6.54 Å². The second-order valence-electron chi connectivity index (χ2n) is 6.52. The van der Waals surface area contributed by atoms with Crippen LogP contribution in [0.5, 0.6) is 0 Å². The molecule has 27 heavy (non-hydrogen) atoms. The van der Waals surface area contributed by atoms with Crippen LogP contribution in [-0.4, -0.2) is 32.9 Å². The fourth-order valence-corrected chi connectivity index (χ4v) is 3.49. The van der Waals surface area contributed by atoms with Gasteiger partial charge in [0.1, 0.15) is 5.57 Å². The Morgan fingerprint density at radius 3 is 2.59 bits per heavy atom. The van der Waals surface area contributed by atoms with Crippen LogP contribution in [0, 0.1) is 20.8 Å². The number of benzene rings is 1. The number of rotatable bonds is 4. The Hall–Kier alpha value is -2.99. The van der Waals surface area contributed by atoms with Gasteiger partial charge in [-0.3, -0.25) is 19.8 Å². The van der Waals surface area contributed by atoms with Gasteiger partial charge >= 0.3 is 0 Å². The van der Waals surface area contributed by atoms with E-state index in [4.69, 9.17) is 12.2 Å². The van der Waals surface area contributed by atoms with Gasteiger partial charge in [-0.2, -0.15) is 0 Å². The van der Waals surface area contributed by atoms with Crippen LogP contribution in [0.25, 0.3) is 11.8 Å². The van der Waals surface area contributed by atoms with Gasteiger partial charge < -0.3 is 4.57 Å². The van der Waals surface area contributed by atoms with E-state index in [1.807, 2.05) is 45.0 Å². The SMILES string of the molecule is C=CCN1C(=O)/C(=C/c2cc(C)n(-c3cccc(C)c3)c2C)C(=O)NC1=S. The highest BCUT2D eigenvalue weighted by atomic mass is 32.1. The molecule has 1 aromatic heterocycles. The molecule has 1 aliphatic heterocycles. The van der Waals surface area contributed by atoms with Crippen LogP contribution in [-0.2, 0) is 9.59 Å². The van der Waals surface area contributed by atoms with Crippen LogP contribution in [0.1, 0.15) is 22.5 Å². The third-order valence-electron chi connectivity index (χ3n) is 4.53. The number of nitrogens with zero attached hydrogens (tertiary/aromatic N) is 2. The van der Waals surface area contributed by atoms with Crippen LogP contribution in [0.3, 0.4) is 0 Å². The number of nitrogens with one attached hydrogen (secondary N) is 1. The predicted octanol–water partition coefficient (Wildman–Crippen LogP) is 3.22. The second kappa shape index (κ2) is 7.32. The van der Waals surface area contributed by atoms with Gasteiger partial charge in [-0.1, -0.05) is 18.2 Å². The number of carbonyl (C=O) groups is 2. The summed E-state index contributed by atoms with van der Waals surface area (Å²) in [6.07, 6.45) is 3.20. The number of thiocarbonyl (C=S) groups is 1. The Morgan fingerprint density at radius 1 is 1.19 bits per heavy atom. The topological polar surface area (TPSA) is 54.3 Å². The molecule has 1 aliphatic rings. The lowest BCUT2D eigenvalue weighted by Crippen LogP contribution is -2.53. The molecule has 2 heterocycles. The highest BCUT2D eigenvalue weighted by Gasteiger charge is 2.32. The Balaban J connectivity index is 2.06. The van der Waals surface area contributed by atoms with E-state index in [0.717, 1.165) is 28.2 Å². The summed E-state index contributed by atoms with van der Waals surface area (Å²) in [5.74, 6) is -0.894. The molecule has 3 rings (SSSR count). The van der Waals surface area contributed by atoms with Gasteiger partial charge in [-0.25, -0.2) is 0 Å². The molecular weight excluding hydrogens is 358 g/mol. The van der Waals surface area contributed by atoms with Crippen molar-refractivity contribution in [1.82, 2.24) is 14.8 Å². The van der Waals surface area contributed by atoms with Crippen molar-refractivity contribution in [2.45, 2.75) is 20.8 Å². The molecule has 0 radical (unpaired) electrons. The monoisotopic (exact) mass is 379 g/mol. The highest BCUT2D eigenvalue weighted by Crippen LogP contribution is 2.24. The Morgan fingerprint density at radius 2 is 1.93 bits per heavy atom. The van der Waals surface area contributed by atoms with E-state index in [-0.39, 0.29) is 17.2 Å². The summed E-state index contributed by atoms with van der Waals surface area (Å²) in [6, 6.07) is 10.2. The van der Waals surface area contributed by atoms with Gasteiger partial charge in [0, 0.05) is 23.6 Å². The van der Waals surface area contributed by atoms with Crippen LogP contribution in [0.2, 0.25) is 0 Å². The average molecular weight is 379 g/mol. The summed E-state index contributed by atoms with van der Waals surface area (Å²) in [6.45, 7) is 9.89. The second-order valence-corrected chi connectivity index (χ2v) is 6.91. The maximum absolute atomic E-state index is 12.7. The number of amides is 2. The Labute approximate surface area is 164 Å². The summed E-state index contributed by atoms with van der Waals surface area (Å²) >= 11 is 5.09. The average Bonchev–Trinajstić information content (AvgIpc) is 2.89. The molecule has 2 amide bonds.